The summed E-state index contributed by atoms with van der Waals surface area (Å²) < 4.78 is 32.0. The van der Waals surface area contributed by atoms with E-state index in [1.165, 1.54) is 12.1 Å². The van der Waals surface area contributed by atoms with Gasteiger partial charge in [0.15, 0.2) is 5.03 Å². The third-order valence-electron chi connectivity index (χ3n) is 5.25. The van der Waals surface area contributed by atoms with Crippen LogP contribution in [-0.4, -0.2) is 37.2 Å². The monoisotopic (exact) mass is 507 g/mol. The van der Waals surface area contributed by atoms with E-state index < -0.39 is 9.84 Å². The summed E-state index contributed by atoms with van der Waals surface area (Å²) in [5, 5.41) is 3.08. The number of benzene rings is 3. The van der Waals surface area contributed by atoms with Gasteiger partial charge in [-0.15, -0.1) is 0 Å². The zero-order valence-electron chi connectivity index (χ0n) is 19.3. The van der Waals surface area contributed by atoms with E-state index in [2.05, 4.69) is 15.3 Å². The van der Waals surface area contributed by atoms with E-state index in [9.17, 15) is 13.2 Å². The standard InChI is InChI=1S/C26H25N3O4S2/c1-18-11-13-20(14-12-18)24-28-25(26(29-24)35(31,32)22-9-4-3-5-10-22)34-17-23(30)27-16-19-7-6-8-21(15-19)33-2/h3-15H,16-17H2,1-2H3,(H,27,30)(H,28,29). The van der Waals surface area contributed by atoms with Crippen LogP contribution in [0.2, 0.25) is 0 Å². The van der Waals surface area contributed by atoms with Crippen LogP contribution in [0, 0.1) is 6.92 Å². The van der Waals surface area contributed by atoms with Crippen molar-refractivity contribution in [2.75, 3.05) is 12.9 Å². The van der Waals surface area contributed by atoms with Crippen molar-refractivity contribution < 1.29 is 17.9 Å². The highest BCUT2D eigenvalue weighted by Crippen LogP contribution is 2.32. The van der Waals surface area contributed by atoms with Crippen molar-refractivity contribution in [2.24, 2.45) is 0 Å². The van der Waals surface area contributed by atoms with Gasteiger partial charge in [-0.2, -0.15) is 0 Å². The van der Waals surface area contributed by atoms with E-state index in [1.807, 2.05) is 55.5 Å². The number of rotatable bonds is 9. The molecule has 4 aromatic rings. The average Bonchev–Trinajstić information content (AvgIpc) is 3.32. The smallest absolute Gasteiger partial charge is 0.230 e. The number of aryl methyl sites for hydroxylation is 1. The molecule has 0 atom stereocenters. The normalized spacial score (nSPS) is 11.3. The molecule has 0 bridgehead atoms. The van der Waals surface area contributed by atoms with Gasteiger partial charge < -0.3 is 15.0 Å². The second kappa shape index (κ2) is 10.8. The fraction of sp³-hybridized carbons (Fsp3) is 0.154. The Morgan fingerprint density at radius 3 is 2.49 bits per heavy atom. The van der Waals surface area contributed by atoms with E-state index in [0.29, 0.717) is 18.1 Å². The Morgan fingerprint density at radius 2 is 1.77 bits per heavy atom. The van der Waals surface area contributed by atoms with Gasteiger partial charge in [-0.05, 0) is 36.8 Å². The van der Waals surface area contributed by atoms with Crippen LogP contribution in [0.15, 0.2) is 93.8 Å². The highest BCUT2D eigenvalue weighted by atomic mass is 32.2. The molecule has 3 aromatic carbocycles. The van der Waals surface area contributed by atoms with Crippen molar-refractivity contribution in [2.45, 2.75) is 28.4 Å². The molecule has 9 heteroatoms. The van der Waals surface area contributed by atoms with E-state index in [-0.39, 0.29) is 26.6 Å². The van der Waals surface area contributed by atoms with Crippen LogP contribution in [0.3, 0.4) is 0 Å². The summed E-state index contributed by atoms with van der Waals surface area (Å²) in [6.45, 7) is 2.31. The number of amides is 1. The third-order valence-corrected chi connectivity index (χ3v) is 8.08. The molecular weight excluding hydrogens is 482 g/mol. The SMILES string of the molecule is COc1cccc(CNC(=O)CSc2nc(-c3ccc(C)cc3)[nH]c2S(=O)(=O)c2ccccc2)c1. The molecule has 0 aliphatic rings. The van der Waals surface area contributed by atoms with Gasteiger partial charge in [0.05, 0.1) is 17.8 Å². The number of nitrogens with one attached hydrogen (secondary N) is 2. The summed E-state index contributed by atoms with van der Waals surface area (Å²) in [5.74, 6) is 0.918. The minimum absolute atomic E-state index is 0.0134. The maximum atomic E-state index is 13.4. The molecular formula is C26H25N3O4S2. The van der Waals surface area contributed by atoms with E-state index in [4.69, 9.17) is 4.74 Å². The maximum Gasteiger partial charge on any atom is 0.230 e. The van der Waals surface area contributed by atoms with E-state index in [1.54, 1.807) is 25.3 Å². The van der Waals surface area contributed by atoms with Gasteiger partial charge in [-0.25, -0.2) is 13.4 Å². The number of thioether (sulfide) groups is 1. The second-order valence-electron chi connectivity index (χ2n) is 7.82. The molecule has 0 spiro atoms. The van der Waals surface area contributed by atoms with Crippen molar-refractivity contribution in [1.29, 1.82) is 0 Å². The molecule has 0 saturated carbocycles. The summed E-state index contributed by atoms with van der Waals surface area (Å²) in [7, 11) is -2.27. The van der Waals surface area contributed by atoms with Crippen molar-refractivity contribution in [3.8, 4) is 17.1 Å². The number of hydrogen-bond acceptors (Lipinski definition) is 6. The molecule has 35 heavy (non-hydrogen) atoms. The molecule has 0 radical (unpaired) electrons. The van der Waals surface area contributed by atoms with Crippen LogP contribution in [0.1, 0.15) is 11.1 Å². The van der Waals surface area contributed by atoms with Crippen LogP contribution in [0.25, 0.3) is 11.4 Å². The maximum absolute atomic E-state index is 13.4. The molecule has 0 unspecified atom stereocenters. The van der Waals surface area contributed by atoms with Crippen LogP contribution in [0.4, 0.5) is 0 Å². The summed E-state index contributed by atoms with van der Waals surface area (Å²) in [6, 6.07) is 23.2. The zero-order chi connectivity index (χ0) is 24.8. The minimum atomic E-state index is -3.86. The van der Waals surface area contributed by atoms with E-state index in [0.717, 1.165) is 28.5 Å². The Balaban J connectivity index is 1.55. The Morgan fingerprint density at radius 1 is 1.03 bits per heavy atom. The minimum Gasteiger partial charge on any atom is -0.497 e. The number of H-pyrrole nitrogens is 1. The number of sulfone groups is 1. The molecule has 1 amide bonds. The van der Waals surface area contributed by atoms with Gasteiger partial charge in [0, 0.05) is 12.1 Å². The number of hydrogen-bond donors (Lipinski definition) is 2. The van der Waals surface area contributed by atoms with Gasteiger partial charge in [0.25, 0.3) is 0 Å². The van der Waals surface area contributed by atoms with Crippen LogP contribution in [0.5, 0.6) is 5.75 Å². The zero-order valence-corrected chi connectivity index (χ0v) is 20.9. The summed E-state index contributed by atoms with van der Waals surface area (Å²) in [4.78, 5) is 20.2. The van der Waals surface area contributed by atoms with Crippen LogP contribution >= 0.6 is 11.8 Å². The quantitative estimate of drug-likeness (QED) is 0.320. The molecule has 180 valence electrons. The first-order chi connectivity index (χ1) is 16.9. The van der Waals surface area contributed by atoms with Gasteiger partial charge >= 0.3 is 0 Å². The van der Waals surface area contributed by atoms with Crippen molar-refractivity contribution in [3.05, 3.63) is 90.0 Å². The van der Waals surface area contributed by atoms with Crippen LogP contribution in [-0.2, 0) is 21.2 Å². The molecule has 4 rings (SSSR count). The number of aromatic amines is 1. The Bertz CT molecular complexity index is 1420. The molecule has 0 saturated heterocycles. The van der Waals surface area contributed by atoms with Crippen molar-refractivity contribution >= 4 is 27.5 Å². The lowest BCUT2D eigenvalue weighted by atomic mass is 10.1. The summed E-state index contributed by atoms with van der Waals surface area (Å²) in [5.41, 5.74) is 2.74. The van der Waals surface area contributed by atoms with E-state index >= 15 is 0 Å². The molecule has 0 aliphatic heterocycles. The lowest BCUT2D eigenvalue weighted by Gasteiger charge is -2.07. The van der Waals surface area contributed by atoms with Gasteiger partial charge in [0.1, 0.15) is 16.6 Å². The Labute approximate surface area is 208 Å². The lowest BCUT2D eigenvalue weighted by molar-refractivity contribution is -0.118. The molecule has 0 fully saturated rings. The first kappa shape index (κ1) is 24.6. The number of imidazole rings is 1. The fourth-order valence-electron chi connectivity index (χ4n) is 3.35. The molecule has 1 aromatic heterocycles. The second-order valence-corrected chi connectivity index (χ2v) is 10.7. The molecule has 7 nitrogen and oxygen atoms in total. The predicted molar refractivity (Wildman–Crippen MR) is 136 cm³/mol. The Kier molecular flexibility index (Phi) is 7.57. The topological polar surface area (TPSA) is 101 Å². The average molecular weight is 508 g/mol. The van der Waals surface area contributed by atoms with Gasteiger partial charge in [-0.3, -0.25) is 4.79 Å². The first-order valence-corrected chi connectivity index (χ1v) is 13.3. The number of carbonyl (C=O) groups is 1. The fourth-order valence-corrected chi connectivity index (χ4v) is 5.83. The van der Waals surface area contributed by atoms with Crippen molar-refractivity contribution in [3.63, 3.8) is 0 Å². The number of methoxy groups -OCH3 is 1. The number of carbonyl (C=O) groups excluding carboxylic acids is 1. The molecule has 2 N–H and O–H groups in total. The number of aromatic nitrogens is 2. The molecule has 1 heterocycles. The van der Waals surface area contributed by atoms with Gasteiger partial charge in [-0.1, -0.05) is 71.9 Å². The van der Waals surface area contributed by atoms with Crippen molar-refractivity contribution in [1.82, 2.24) is 15.3 Å². The summed E-state index contributed by atoms with van der Waals surface area (Å²) >= 11 is 1.08. The highest BCUT2D eigenvalue weighted by Gasteiger charge is 2.26. The highest BCUT2D eigenvalue weighted by molar-refractivity contribution is 8.00. The number of ether oxygens (including phenoxy) is 1. The first-order valence-electron chi connectivity index (χ1n) is 10.9. The van der Waals surface area contributed by atoms with Gasteiger partial charge in [0.2, 0.25) is 15.7 Å². The third kappa shape index (κ3) is 5.93. The molecule has 0 aliphatic carbocycles. The lowest BCUT2D eigenvalue weighted by Crippen LogP contribution is -2.24. The number of nitrogens with zero attached hydrogens (tertiary/aromatic N) is 1. The largest absolute Gasteiger partial charge is 0.497 e. The Hall–Kier alpha value is -3.56. The predicted octanol–water partition coefficient (Wildman–Crippen LogP) is 4.64. The van der Waals surface area contributed by atoms with Crippen LogP contribution < -0.4 is 10.1 Å². The summed E-state index contributed by atoms with van der Waals surface area (Å²) in [6.07, 6.45) is 0.